The van der Waals surface area contributed by atoms with E-state index in [9.17, 15) is 4.79 Å². The number of hydrogen-bond acceptors (Lipinski definition) is 4. The number of nitrogens with zero attached hydrogens (tertiary/aromatic N) is 4. The smallest absolute Gasteiger partial charge is 0.204 e. The highest BCUT2D eigenvalue weighted by Crippen LogP contribution is 2.18. The Bertz CT molecular complexity index is 829. The third-order valence-corrected chi connectivity index (χ3v) is 3.73. The Kier molecular flexibility index (Phi) is 4.02. The van der Waals surface area contributed by atoms with E-state index in [0.29, 0.717) is 5.82 Å². The molecule has 1 aromatic heterocycles. The van der Waals surface area contributed by atoms with Crippen LogP contribution in [0.2, 0.25) is 0 Å². The maximum Gasteiger partial charge on any atom is 0.204 e. The van der Waals surface area contributed by atoms with Gasteiger partial charge in [-0.1, -0.05) is 48.0 Å². The van der Waals surface area contributed by atoms with E-state index in [0.717, 1.165) is 27.8 Å². The monoisotopic (exact) mass is 306 g/mol. The molecule has 0 bridgehead atoms. The first-order chi connectivity index (χ1) is 11.0. The van der Waals surface area contributed by atoms with Crippen molar-refractivity contribution in [3.63, 3.8) is 0 Å². The van der Waals surface area contributed by atoms with Gasteiger partial charge in [-0.15, -0.1) is 10.2 Å². The number of tetrazole rings is 1. The maximum atomic E-state index is 12.6. The second-order valence-corrected chi connectivity index (χ2v) is 5.71. The molecule has 0 saturated carbocycles. The van der Waals surface area contributed by atoms with Crippen LogP contribution >= 0.6 is 0 Å². The number of benzene rings is 2. The number of Topliss-reactive ketones (excluding diaryl/α,β-unsaturated/α-hetero) is 1. The molecular weight excluding hydrogens is 288 g/mol. The summed E-state index contributed by atoms with van der Waals surface area (Å²) in [5.41, 5.74) is 4.75. The average Bonchev–Trinajstić information content (AvgIpc) is 2.95. The van der Waals surface area contributed by atoms with Crippen molar-refractivity contribution in [1.82, 2.24) is 20.2 Å². The fourth-order valence-corrected chi connectivity index (χ4v) is 2.84. The molecule has 0 fully saturated rings. The normalized spacial score (nSPS) is 10.7. The van der Waals surface area contributed by atoms with Gasteiger partial charge in [-0.05, 0) is 37.1 Å². The van der Waals surface area contributed by atoms with Crippen LogP contribution in [0.5, 0.6) is 0 Å². The average molecular weight is 306 g/mol. The number of aromatic nitrogens is 4. The molecule has 5 nitrogen and oxygen atoms in total. The van der Waals surface area contributed by atoms with Crippen LogP contribution in [0.15, 0.2) is 42.5 Å². The largest absolute Gasteiger partial charge is 0.292 e. The third-order valence-electron chi connectivity index (χ3n) is 3.73. The van der Waals surface area contributed by atoms with Crippen molar-refractivity contribution >= 4 is 5.78 Å². The second-order valence-electron chi connectivity index (χ2n) is 5.71. The van der Waals surface area contributed by atoms with Crippen molar-refractivity contribution in [2.45, 2.75) is 27.3 Å². The van der Waals surface area contributed by atoms with Crippen LogP contribution in [0.3, 0.4) is 0 Å². The highest BCUT2D eigenvalue weighted by Gasteiger charge is 2.15. The molecule has 0 atom stereocenters. The van der Waals surface area contributed by atoms with Crippen LogP contribution in [0.25, 0.3) is 11.4 Å². The van der Waals surface area contributed by atoms with Crippen LogP contribution in [-0.2, 0) is 6.54 Å². The molecule has 0 aliphatic heterocycles. The number of carbonyl (C=O) groups is 1. The van der Waals surface area contributed by atoms with Crippen LogP contribution in [-0.4, -0.2) is 26.0 Å². The topological polar surface area (TPSA) is 60.7 Å². The van der Waals surface area contributed by atoms with Crippen molar-refractivity contribution in [3.05, 3.63) is 64.7 Å². The van der Waals surface area contributed by atoms with E-state index in [-0.39, 0.29) is 12.3 Å². The zero-order valence-corrected chi connectivity index (χ0v) is 13.4. The van der Waals surface area contributed by atoms with Crippen molar-refractivity contribution in [2.75, 3.05) is 0 Å². The van der Waals surface area contributed by atoms with Crippen molar-refractivity contribution in [2.24, 2.45) is 0 Å². The number of aryl methyl sites for hydroxylation is 3. The van der Waals surface area contributed by atoms with Gasteiger partial charge in [0.15, 0.2) is 5.78 Å². The molecule has 0 N–H and O–H groups in total. The Hall–Kier alpha value is -2.82. The molecule has 0 saturated heterocycles. The minimum atomic E-state index is -0.00277. The lowest BCUT2D eigenvalue weighted by atomic mass is 9.97. The molecule has 0 aliphatic rings. The highest BCUT2D eigenvalue weighted by atomic mass is 16.1. The summed E-state index contributed by atoms with van der Waals surface area (Å²) in [6, 6.07) is 13.6. The summed E-state index contributed by atoms with van der Waals surface area (Å²) in [6.45, 7) is 6.03. The standard InChI is InChI=1S/C18H18N4O/c1-12-9-13(2)17(14(3)10-12)16(23)11-22-20-18(19-21-22)15-7-5-4-6-8-15/h4-10H,11H2,1-3H3. The van der Waals surface area contributed by atoms with Crippen LogP contribution < -0.4 is 0 Å². The molecule has 116 valence electrons. The van der Waals surface area contributed by atoms with Gasteiger partial charge in [0.2, 0.25) is 5.82 Å². The molecular formula is C18H18N4O. The number of hydrogen-bond donors (Lipinski definition) is 0. The van der Waals surface area contributed by atoms with Gasteiger partial charge in [-0.3, -0.25) is 4.79 Å². The summed E-state index contributed by atoms with van der Waals surface area (Å²) in [4.78, 5) is 13.9. The Morgan fingerprint density at radius 2 is 1.70 bits per heavy atom. The zero-order chi connectivity index (χ0) is 16.4. The summed E-state index contributed by atoms with van der Waals surface area (Å²) in [5, 5.41) is 12.3. The molecule has 3 rings (SSSR count). The number of carbonyl (C=O) groups excluding carboxylic acids is 1. The molecule has 2 aromatic carbocycles. The first kappa shape index (κ1) is 15.1. The van der Waals surface area contributed by atoms with Gasteiger partial charge >= 0.3 is 0 Å². The maximum absolute atomic E-state index is 12.6. The van der Waals surface area contributed by atoms with Gasteiger partial charge < -0.3 is 0 Å². The van der Waals surface area contributed by atoms with Crippen molar-refractivity contribution in [1.29, 1.82) is 0 Å². The predicted molar refractivity (Wildman–Crippen MR) is 88.2 cm³/mol. The van der Waals surface area contributed by atoms with Crippen LogP contribution in [0.1, 0.15) is 27.0 Å². The van der Waals surface area contributed by atoms with Crippen molar-refractivity contribution in [3.8, 4) is 11.4 Å². The van der Waals surface area contributed by atoms with Gasteiger partial charge in [-0.25, -0.2) is 0 Å². The van der Waals surface area contributed by atoms with Crippen molar-refractivity contribution < 1.29 is 4.79 Å². The van der Waals surface area contributed by atoms with Crippen LogP contribution in [0.4, 0.5) is 0 Å². The summed E-state index contributed by atoms with van der Waals surface area (Å²) in [5.74, 6) is 0.521. The lowest BCUT2D eigenvalue weighted by Crippen LogP contribution is -2.15. The molecule has 0 unspecified atom stereocenters. The Morgan fingerprint density at radius 3 is 2.35 bits per heavy atom. The quantitative estimate of drug-likeness (QED) is 0.695. The first-order valence-electron chi connectivity index (χ1n) is 7.49. The highest BCUT2D eigenvalue weighted by molar-refractivity contribution is 5.98. The van der Waals surface area contributed by atoms with E-state index in [1.54, 1.807) is 0 Å². The fourth-order valence-electron chi connectivity index (χ4n) is 2.84. The van der Waals surface area contributed by atoms with Gasteiger partial charge in [0.05, 0.1) is 0 Å². The van der Waals surface area contributed by atoms with E-state index in [2.05, 4.69) is 15.4 Å². The second kappa shape index (κ2) is 6.12. The van der Waals surface area contributed by atoms with Crippen LogP contribution in [0, 0.1) is 20.8 Å². The van der Waals surface area contributed by atoms with Gasteiger partial charge in [0.1, 0.15) is 6.54 Å². The summed E-state index contributed by atoms with van der Waals surface area (Å²) < 4.78 is 0. The minimum Gasteiger partial charge on any atom is -0.292 e. The first-order valence-corrected chi connectivity index (χ1v) is 7.49. The minimum absolute atomic E-state index is 0.00277. The molecule has 0 amide bonds. The third kappa shape index (κ3) is 3.18. The molecule has 0 radical (unpaired) electrons. The number of rotatable bonds is 4. The Balaban J connectivity index is 1.83. The molecule has 0 aliphatic carbocycles. The molecule has 5 heteroatoms. The SMILES string of the molecule is Cc1cc(C)c(C(=O)Cn2nnc(-c3ccccc3)n2)c(C)c1. The molecule has 0 spiro atoms. The lowest BCUT2D eigenvalue weighted by molar-refractivity contribution is 0.0960. The summed E-state index contributed by atoms with van der Waals surface area (Å²) in [7, 11) is 0. The fraction of sp³-hybridized carbons (Fsp3) is 0.222. The van der Waals surface area contributed by atoms with E-state index >= 15 is 0 Å². The lowest BCUT2D eigenvalue weighted by Gasteiger charge is -2.09. The Labute approximate surface area is 135 Å². The zero-order valence-electron chi connectivity index (χ0n) is 13.4. The molecule has 23 heavy (non-hydrogen) atoms. The summed E-state index contributed by atoms with van der Waals surface area (Å²) in [6.07, 6.45) is 0. The predicted octanol–water partition coefficient (Wildman–Crippen LogP) is 3.15. The van der Waals surface area contributed by atoms with E-state index in [1.165, 1.54) is 4.80 Å². The van der Waals surface area contributed by atoms with E-state index < -0.39 is 0 Å². The Morgan fingerprint density at radius 1 is 1.04 bits per heavy atom. The summed E-state index contributed by atoms with van der Waals surface area (Å²) >= 11 is 0. The van der Waals surface area contributed by atoms with E-state index in [4.69, 9.17) is 0 Å². The van der Waals surface area contributed by atoms with Gasteiger partial charge in [0.25, 0.3) is 0 Å². The molecule has 1 heterocycles. The van der Waals surface area contributed by atoms with E-state index in [1.807, 2.05) is 63.2 Å². The van der Waals surface area contributed by atoms with Gasteiger partial charge in [-0.2, -0.15) is 4.80 Å². The number of ketones is 1. The van der Waals surface area contributed by atoms with Gasteiger partial charge in [0, 0.05) is 11.1 Å². The molecule has 3 aromatic rings.